The average molecular weight is 229 g/mol. The molecule has 0 radical (unpaired) electrons. The van der Waals surface area contributed by atoms with Crippen molar-refractivity contribution in [2.24, 2.45) is 11.8 Å². The molecule has 3 heteroatoms. The van der Waals surface area contributed by atoms with Gasteiger partial charge in [0.05, 0.1) is 6.04 Å². The van der Waals surface area contributed by atoms with E-state index in [0.717, 1.165) is 6.54 Å². The summed E-state index contributed by atoms with van der Waals surface area (Å²) in [6.07, 6.45) is 1.11. The van der Waals surface area contributed by atoms with Crippen molar-refractivity contribution in [1.29, 1.82) is 0 Å². The molecule has 88 valence electrons. The van der Waals surface area contributed by atoms with Crippen molar-refractivity contribution in [1.82, 2.24) is 4.90 Å². The average Bonchev–Trinajstić information content (AvgIpc) is 2.81. The number of hydrogen-bond acceptors (Lipinski definition) is 2. The predicted molar refractivity (Wildman–Crippen MR) is 62.6 cm³/mol. The summed E-state index contributed by atoms with van der Waals surface area (Å²) in [5.74, 6) is 1.99. The molecule has 2 aliphatic heterocycles. The Balaban J connectivity index is 1.57. The highest BCUT2D eigenvalue weighted by atomic mass is 16.6. The molecule has 1 aromatic rings. The Kier molecular flexibility index (Phi) is 1.82. The first kappa shape index (κ1) is 9.51. The third-order valence-electron chi connectivity index (χ3n) is 4.73. The smallest absolute Gasteiger partial charge is 0.410 e. The van der Waals surface area contributed by atoms with Gasteiger partial charge in [0.1, 0.15) is 6.61 Å². The Labute approximate surface area is 100 Å². The number of cyclic esters (lactones) is 1. The van der Waals surface area contributed by atoms with Crippen LogP contribution in [0.1, 0.15) is 17.9 Å². The monoisotopic (exact) mass is 229 g/mol. The van der Waals surface area contributed by atoms with E-state index in [-0.39, 0.29) is 6.09 Å². The van der Waals surface area contributed by atoms with Crippen LogP contribution in [-0.2, 0) is 4.74 Å². The van der Waals surface area contributed by atoms with E-state index in [1.165, 1.54) is 12.0 Å². The number of amides is 1. The minimum Gasteiger partial charge on any atom is -0.447 e. The predicted octanol–water partition coefficient (Wildman–Crippen LogP) is 2.24. The quantitative estimate of drug-likeness (QED) is 0.739. The van der Waals surface area contributed by atoms with Crippen LogP contribution in [0.25, 0.3) is 0 Å². The number of carbonyl (C=O) groups excluding carboxylic acids is 1. The van der Waals surface area contributed by atoms with E-state index in [4.69, 9.17) is 4.74 Å². The molecule has 4 rings (SSSR count). The molecule has 1 aliphatic carbocycles. The minimum absolute atomic E-state index is 0.101. The third kappa shape index (κ3) is 1.20. The van der Waals surface area contributed by atoms with Crippen LogP contribution in [0.2, 0.25) is 0 Å². The van der Waals surface area contributed by atoms with Crippen molar-refractivity contribution >= 4 is 6.09 Å². The SMILES string of the molecule is O=C1OC[C@@H]2[C@H]3C[C@H](c4ccccc4)[C@H]3CN12. The lowest BCUT2D eigenvalue weighted by molar-refractivity contribution is 0.125. The van der Waals surface area contributed by atoms with E-state index in [2.05, 4.69) is 30.3 Å². The largest absolute Gasteiger partial charge is 0.447 e. The van der Waals surface area contributed by atoms with Crippen LogP contribution in [0.15, 0.2) is 30.3 Å². The first-order valence-electron chi connectivity index (χ1n) is 6.33. The van der Waals surface area contributed by atoms with Crippen molar-refractivity contribution < 1.29 is 9.53 Å². The summed E-state index contributed by atoms with van der Waals surface area (Å²) in [6, 6.07) is 11.1. The van der Waals surface area contributed by atoms with Crippen LogP contribution in [-0.4, -0.2) is 30.2 Å². The van der Waals surface area contributed by atoms with Crippen molar-refractivity contribution in [3.63, 3.8) is 0 Å². The number of rotatable bonds is 1. The molecule has 1 amide bonds. The van der Waals surface area contributed by atoms with E-state index in [0.29, 0.717) is 30.4 Å². The van der Waals surface area contributed by atoms with Gasteiger partial charge in [0.2, 0.25) is 0 Å². The van der Waals surface area contributed by atoms with Crippen LogP contribution in [0.4, 0.5) is 4.79 Å². The minimum atomic E-state index is -0.101. The summed E-state index contributed by atoms with van der Waals surface area (Å²) in [4.78, 5) is 13.5. The molecule has 0 spiro atoms. The molecule has 2 heterocycles. The Hall–Kier alpha value is -1.51. The highest BCUT2D eigenvalue weighted by Crippen LogP contribution is 2.55. The normalized spacial score (nSPS) is 38.4. The van der Waals surface area contributed by atoms with Crippen LogP contribution in [0.3, 0.4) is 0 Å². The van der Waals surface area contributed by atoms with Crippen molar-refractivity contribution in [2.75, 3.05) is 13.2 Å². The topological polar surface area (TPSA) is 29.5 Å². The molecule has 0 N–H and O–H groups in total. The Morgan fingerprint density at radius 2 is 2.00 bits per heavy atom. The van der Waals surface area contributed by atoms with Gasteiger partial charge in [-0.15, -0.1) is 0 Å². The van der Waals surface area contributed by atoms with Crippen molar-refractivity contribution in [3.05, 3.63) is 35.9 Å². The molecule has 0 unspecified atom stereocenters. The van der Waals surface area contributed by atoms with Gasteiger partial charge in [-0.1, -0.05) is 30.3 Å². The maximum Gasteiger partial charge on any atom is 0.410 e. The molecular weight excluding hydrogens is 214 g/mol. The summed E-state index contributed by atoms with van der Waals surface area (Å²) in [6.45, 7) is 1.51. The number of nitrogens with zero attached hydrogens (tertiary/aromatic N) is 1. The molecule has 17 heavy (non-hydrogen) atoms. The van der Waals surface area contributed by atoms with E-state index in [9.17, 15) is 4.79 Å². The molecule has 3 fully saturated rings. The van der Waals surface area contributed by atoms with Gasteiger partial charge < -0.3 is 9.64 Å². The number of hydrogen-bond donors (Lipinski definition) is 0. The van der Waals surface area contributed by atoms with Gasteiger partial charge in [-0.05, 0) is 29.7 Å². The second-order valence-corrected chi connectivity index (χ2v) is 5.38. The Morgan fingerprint density at radius 1 is 1.18 bits per heavy atom. The fourth-order valence-electron chi connectivity index (χ4n) is 3.79. The fraction of sp³-hybridized carbons (Fsp3) is 0.500. The molecule has 3 aliphatic rings. The van der Waals surface area contributed by atoms with Crippen molar-refractivity contribution in [3.8, 4) is 0 Å². The zero-order chi connectivity index (χ0) is 11.4. The standard InChI is InChI=1S/C14H15NO2/c16-14-15-7-12-10(9-4-2-1-3-5-9)6-11(12)13(15)8-17-14/h1-5,10-13H,6-8H2/t10-,11+,12-,13-/m1/s1. The number of ether oxygens (including phenoxy) is 1. The van der Waals surface area contributed by atoms with Crippen LogP contribution in [0.5, 0.6) is 0 Å². The highest BCUT2D eigenvalue weighted by Gasteiger charge is 2.57. The number of benzene rings is 1. The van der Waals surface area contributed by atoms with E-state index in [1.807, 2.05) is 4.90 Å². The lowest BCUT2D eigenvalue weighted by Crippen LogP contribution is -2.38. The summed E-state index contributed by atoms with van der Waals surface area (Å²) in [7, 11) is 0. The van der Waals surface area contributed by atoms with Crippen LogP contribution >= 0.6 is 0 Å². The maximum absolute atomic E-state index is 11.5. The third-order valence-corrected chi connectivity index (χ3v) is 4.73. The van der Waals surface area contributed by atoms with Gasteiger partial charge in [-0.2, -0.15) is 0 Å². The number of fused-ring (bicyclic) bond motifs is 3. The van der Waals surface area contributed by atoms with Crippen molar-refractivity contribution in [2.45, 2.75) is 18.4 Å². The molecule has 0 aromatic heterocycles. The highest BCUT2D eigenvalue weighted by molar-refractivity contribution is 5.71. The molecular formula is C14H15NO2. The molecule has 1 aromatic carbocycles. The molecule has 0 bridgehead atoms. The van der Waals surface area contributed by atoms with E-state index in [1.54, 1.807) is 0 Å². The zero-order valence-electron chi connectivity index (χ0n) is 9.58. The van der Waals surface area contributed by atoms with Crippen LogP contribution < -0.4 is 0 Å². The summed E-state index contributed by atoms with van der Waals surface area (Å²) >= 11 is 0. The summed E-state index contributed by atoms with van der Waals surface area (Å²) < 4.78 is 5.10. The zero-order valence-corrected chi connectivity index (χ0v) is 9.58. The molecule has 3 nitrogen and oxygen atoms in total. The Bertz CT molecular complexity index is 459. The van der Waals surface area contributed by atoms with E-state index < -0.39 is 0 Å². The van der Waals surface area contributed by atoms with Gasteiger partial charge >= 0.3 is 6.09 Å². The lowest BCUT2D eigenvalue weighted by atomic mass is 9.62. The van der Waals surface area contributed by atoms with Gasteiger partial charge in [0.15, 0.2) is 0 Å². The van der Waals surface area contributed by atoms with Gasteiger partial charge in [-0.25, -0.2) is 4.79 Å². The second-order valence-electron chi connectivity index (χ2n) is 5.38. The summed E-state index contributed by atoms with van der Waals surface area (Å²) in [5.41, 5.74) is 1.43. The van der Waals surface area contributed by atoms with Gasteiger partial charge in [0.25, 0.3) is 0 Å². The molecule has 2 saturated heterocycles. The van der Waals surface area contributed by atoms with Gasteiger partial charge in [0, 0.05) is 6.54 Å². The maximum atomic E-state index is 11.5. The molecule has 1 saturated carbocycles. The molecule has 4 atom stereocenters. The first-order valence-corrected chi connectivity index (χ1v) is 6.33. The van der Waals surface area contributed by atoms with Gasteiger partial charge in [-0.3, -0.25) is 0 Å². The number of carbonyl (C=O) groups is 1. The van der Waals surface area contributed by atoms with E-state index >= 15 is 0 Å². The fourth-order valence-corrected chi connectivity index (χ4v) is 3.79. The summed E-state index contributed by atoms with van der Waals surface area (Å²) in [5, 5.41) is 0. The first-order chi connectivity index (χ1) is 8.34. The second kappa shape index (κ2) is 3.25. The van der Waals surface area contributed by atoms with Crippen LogP contribution in [0, 0.1) is 11.8 Å². The lowest BCUT2D eigenvalue weighted by Gasteiger charge is -2.41. The Morgan fingerprint density at radius 3 is 2.82 bits per heavy atom.